The Kier molecular flexibility index (Phi) is 4.92. The number of nitrogens with zero attached hydrogens (tertiary/aromatic N) is 5. The number of nitrogens with two attached hydrogens (primary N) is 1. The zero-order valence-corrected chi connectivity index (χ0v) is 18.6. The van der Waals surface area contributed by atoms with Crippen molar-refractivity contribution in [3.05, 3.63) is 47.3 Å². The summed E-state index contributed by atoms with van der Waals surface area (Å²) in [4.78, 5) is 24.7. The van der Waals surface area contributed by atoms with Crippen molar-refractivity contribution in [1.82, 2.24) is 24.7 Å². The maximum Gasteiger partial charge on any atom is 0.228 e. The van der Waals surface area contributed by atoms with Gasteiger partial charge in [-0.05, 0) is 47.3 Å². The van der Waals surface area contributed by atoms with Gasteiger partial charge >= 0.3 is 0 Å². The van der Waals surface area contributed by atoms with E-state index in [4.69, 9.17) is 10.2 Å². The van der Waals surface area contributed by atoms with Crippen LogP contribution in [0.15, 0.2) is 45.9 Å². The molecule has 3 N–H and O–H groups in total. The van der Waals surface area contributed by atoms with Crippen molar-refractivity contribution in [2.75, 3.05) is 5.32 Å². The Hall–Kier alpha value is -3.34. The lowest BCUT2D eigenvalue weighted by molar-refractivity contribution is -0.126. The average molecular weight is 500 g/mol. The number of benzene rings is 1. The largest absolute Gasteiger partial charge is 0.444 e. The van der Waals surface area contributed by atoms with Crippen molar-refractivity contribution in [3.63, 3.8) is 0 Å². The fourth-order valence-electron chi connectivity index (χ4n) is 4.05. The van der Waals surface area contributed by atoms with Gasteiger partial charge in [0.2, 0.25) is 17.7 Å². The third-order valence-corrected chi connectivity index (χ3v) is 6.49. The first-order chi connectivity index (χ1) is 15.3. The molecule has 0 radical (unpaired) electrons. The zero-order chi connectivity index (χ0) is 22.5. The van der Waals surface area contributed by atoms with Gasteiger partial charge in [-0.25, -0.2) is 19.0 Å². The molecule has 2 atom stereocenters. The molecule has 32 heavy (non-hydrogen) atoms. The molecule has 3 aromatic heterocycles. The number of halogens is 2. The lowest BCUT2D eigenvalue weighted by Crippen LogP contribution is -2.33. The molecule has 1 saturated carbocycles. The molecule has 0 aliphatic heterocycles. The minimum Gasteiger partial charge on any atom is -0.444 e. The van der Waals surface area contributed by atoms with Gasteiger partial charge in [-0.15, -0.1) is 0 Å². The normalized spacial score (nSPS) is 20.7. The number of nitrogens with one attached hydrogen (secondary N) is 1. The predicted molar refractivity (Wildman–Crippen MR) is 118 cm³/mol. The lowest BCUT2D eigenvalue weighted by atomic mass is 9.88. The number of carbonyl (C=O) groups is 1. The summed E-state index contributed by atoms with van der Waals surface area (Å²) < 4.78 is 22.0. The van der Waals surface area contributed by atoms with Gasteiger partial charge < -0.3 is 15.5 Å². The first-order valence-electron chi connectivity index (χ1n) is 10.0. The zero-order valence-electron chi connectivity index (χ0n) is 17.0. The van der Waals surface area contributed by atoms with Crippen LogP contribution in [0.5, 0.6) is 0 Å². The Morgan fingerprint density at radius 2 is 2.25 bits per heavy atom. The molecule has 0 bridgehead atoms. The number of primary amides is 1. The van der Waals surface area contributed by atoms with Gasteiger partial charge in [0.05, 0.1) is 22.8 Å². The summed E-state index contributed by atoms with van der Waals surface area (Å²) in [5.41, 5.74) is 6.26. The van der Waals surface area contributed by atoms with Crippen LogP contribution in [-0.4, -0.2) is 36.7 Å². The van der Waals surface area contributed by atoms with Crippen LogP contribution in [0.1, 0.15) is 26.2 Å². The highest BCUT2D eigenvalue weighted by Crippen LogP contribution is 2.38. The van der Waals surface area contributed by atoms with Gasteiger partial charge in [-0.1, -0.05) is 6.92 Å². The van der Waals surface area contributed by atoms with Crippen molar-refractivity contribution in [2.45, 2.75) is 32.2 Å². The number of hydrogen-bond donors (Lipinski definition) is 2. The van der Waals surface area contributed by atoms with E-state index in [0.29, 0.717) is 40.1 Å². The highest BCUT2D eigenvalue weighted by atomic mass is 79.9. The maximum absolute atomic E-state index is 14.8. The summed E-state index contributed by atoms with van der Waals surface area (Å²) in [6, 6.07) is 4.68. The van der Waals surface area contributed by atoms with Crippen LogP contribution in [0.4, 0.5) is 10.3 Å². The van der Waals surface area contributed by atoms with Crippen LogP contribution in [0, 0.1) is 11.2 Å². The van der Waals surface area contributed by atoms with Crippen LogP contribution in [0.3, 0.4) is 0 Å². The van der Waals surface area contributed by atoms with Gasteiger partial charge in [-0.3, -0.25) is 4.79 Å². The molecule has 3 heterocycles. The van der Waals surface area contributed by atoms with Crippen molar-refractivity contribution < 1.29 is 13.6 Å². The monoisotopic (exact) mass is 499 g/mol. The molecule has 1 unspecified atom stereocenters. The molecule has 9 nitrogen and oxygen atoms in total. The van der Waals surface area contributed by atoms with Crippen molar-refractivity contribution in [3.8, 4) is 17.1 Å². The van der Waals surface area contributed by atoms with Crippen LogP contribution in [0.25, 0.3) is 28.2 Å². The second-order valence-electron chi connectivity index (χ2n) is 8.14. The standard InChI is InChI=1S/C21H19BrFN7O2/c1-21(19(24)31)5-4-11(9-21)27-20-26-10-14-16(22)29-30(17(14)28-20)12-2-3-13(15(23)8-12)18-25-6-7-32-18/h2-3,6-8,10-11H,4-5,9H2,1H3,(H2,24,31)(H,26,27,28)/t11-,21?/m1/s1. The Morgan fingerprint density at radius 3 is 2.94 bits per heavy atom. The van der Waals surface area contributed by atoms with E-state index in [2.05, 4.69) is 41.3 Å². The highest BCUT2D eigenvalue weighted by Gasteiger charge is 2.40. The Morgan fingerprint density at radius 1 is 1.41 bits per heavy atom. The smallest absolute Gasteiger partial charge is 0.228 e. The minimum absolute atomic E-state index is 0.0299. The van der Waals surface area contributed by atoms with E-state index in [1.807, 2.05) is 6.92 Å². The quantitative estimate of drug-likeness (QED) is 0.427. The highest BCUT2D eigenvalue weighted by molar-refractivity contribution is 9.10. The molecule has 0 spiro atoms. The van der Waals surface area contributed by atoms with Crippen molar-refractivity contribution in [1.29, 1.82) is 0 Å². The summed E-state index contributed by atoms with van der Waals surface area (Å²) >= 11 is 3.42. The molecule has 1 aliphatic rings. The molecule has 1 fully saturated rings. The lowest BCUT2D eigenvalue weighted by Gasteiger charge is -2.19. The number of rotatable bonds is 5. The van der Waals surface area contributed by atoms with Crippen LogP contribution >= 0.6 is 15.9 Å². The second kappa shape index (κ2) is 7.66. The number of fused-ring (bicyclic) bond motifs is 1. The summed E-state index contributed by atoms with van der Waals surface area (Å²) in [6.07, 6.45) is 6.61. The van der Waals surface area contributed by atoms with Crippen molar-refractivity contribution >= 4 is 38.8 Å². The van der Waals surface area contributed by atoms with E-state index in [9.17, 15) is 9.18 Å². The molecule has 4 aromatic rings. The molecule has 1 aromatic carbocycles. The molecular formula is C21H19BrFN7O2. The summed E-state index contributed by atoms with van der Waals surface area (Å²) in [6.45, 7) is 1.88. The molecular weight excluding hydrogens is 481 g/mol. The fourth-order valence-corrected chi connectivity index (χ4v) is 4.49. The third-order valence-electron chi connectivity index (χ3n) is 5.91. The number of hydrogen-bond acceptors (Lipinski definition) is 7. The minimum atomic E-state index is -0.533. The first-order valence-corrected chi connectivity index (χ1v) is 10.8. The van der Waals surface area contributed by atoms with E-state index < -0.39 is 11.2 Å². The summed E-state index contributed by atoms with van der Waals surface area (Å²) in [7, 11) is 0. The number of anilines is 1. The summed E-state index contributed by atoms with van der Waals surface area (Å²) in [5.74, 6) is -0.181. The fraction of sp³-hybridized carbons (Fsp3) is 0.286. The number of aromatic nitrogens is 5. The van der Waals surface area contributed by atoms with Gasteiger partial charge in [0.1, 0.15) is 16.7 Å². The molecule has 11 heteroatoms. The van der Waals surface area contributed by atoms with Crippen molar-refractivity contribution in [2.24, 2.45) is 11.1 Å². The molecule has 0 saturated heterocycles. The van der Waals surface area contributed by atoms with Gasteiger partial charge in [-0.2, -0.15) is 10.1 Å². The topological polar surface area (TPSA) is 125 Å². The molecule has 164 valence electrons. The Bertz CT molecular complexity index is 1320. The molecule has 5 rings (SSSR count). The predicted octanol–water partition coefficient (Wildman–Crippen LogP) is 3.83. The third kappa shape index (κ3) is 3.52. The molecule has 1 amide bonds. The first kappa shape index (κ1) is 20.6. The SMILES string of the molecule is CC1(C(N)=O)CC[C@@H](Nc2ncc3c(Br)nn(-c4ccc(-c5ncco5)c(F)c4)c3n2)C1. The second-order valence-corrected chi connectivity index (χ2v) is 8.90. The Balaban J connectivity index is 1.47. The number of oxazole rings is 1. The van der Waals surface area contributed by atoms with E-state index in [1.165, 1.54) is 23.2 Å². The average Bonchev–Trinajstić information content (AvgIpc) is 3.49. The van der Waals surface area contributed by atoms with Gasteiger partial charge in [0.25, 0.3) is 0 Å². The number of amides is 1. The van der Waals surface area contributed by atoms with Crippen LogP contribution in [-0.2, 0) is 4.79 Å². The van der Waals surface area contributed by atoms with E-state index in [-0.39, 0.29) is 23.4 Å². The van der Waals surface area contributed by atoms with Gasteiger partial charge in [0.15, 0.2) is 5.65 Å². The number of carbonyl (C=O) groups excluding carboxylic acids is 1. The Labute approximate surface area is 190 Å². The van der Waals surface area contributed by atoms with E-state index in [0.717, 1.165) is 6.42 Å². The molecule has 1 aliphatic carbocycles. The van der Waals surface area contributed by atoms with Gasteiger partial charge in [0, 0.05) is 23.7 Å². The van der Waals surface area contributed by atoms with E-state index in [1.54, 1.807) is 18.3 Å². The maximum atomic E-state index is 14.8. The summed E-state index contributed by atoms with van der Waals surface area (Å²) in [5, 5.41) is 8.42. The van der Waals surface area contributed by atoms with Crippen LogP contribution < -0.4 is 11.1 Å². The van der Waals surface area contributed by atoms with E-state index >= 15 is 0 Å². The van der Waals surface area contributed by atoms with Crippen LogP contribution in [0.2, 0.25) is 0 Å².